The first-order valence-electron chi connectivity index (χ1n) is 7.87. The van der Waals surface area contributed by atoms with Gasteiger partial charge in [-0.1, -0.05) is 41.9 Å². The third kappa shape index (κ3) is 5.98. The smallest absolute Gasteiger partial charge is 0.192 e. The van der Waals surface area contributed by atoms with Crippen molar-refractivity contribution in [1.29, 1.82) is 0 Å². The monoisotopic (exact) mass is 462 g/mol. The van der Waals surface area contributed by atoms with Gasteiger partial charge in [0.05, 0.1) is 11.7 Å². The molecule has 24 heavy (non-hydrogen) atoms. The summed E-state index contributed by atoms with van der Waals surface area (Å²) >= 11 is 6.25. The van der Waals surface area contributed by atoms with E-state index in [1.165, 1.54) is 0 Å². The highest BCUT2D eigenvalue weighted by Crippen LogP contribution is 2.21. The highest BCUT2D eigenvalue weighted by atomic mass is 127. The maximum absolute atomic E-state index is 6.25. The molecule has 2 aromatic rings. The van der Waals surface area contributed by atoms with Gasteiger partial charge in [-0.05, 0) is 31.9 Å². The summed E-state index contributed by atoms with van der Waals surface area (Å²) < 4.78 is 5.26. The van der Waals surface area contributed by atoms with E-state index in [0.717, 1.165) is 41.0 Å². The molecule has 0 saturated carbocycles. The van der Waals surface area contributed by atoms with Crippen LogP contribution in [0.3, 0.4) is 0 Å². The number of aliphatic imine (C=N–C) groups is 1. The molecule has 1 heterocycles. The molecule has 1 unspecified atom stereocenters. The third-order valence-electron chi connectivity index (χ3n) is 3.43. The van der Waals surface area contributed by atoms with Crippen LogP contribution >= 0.6 is 35.6 Å². The van der Waals surface area contributed by atoms with Gasteiger partial charge in [-0.25, -0.2) is 4.99 Å². The van der Waals surface area contributed by atoms with E-state index in [4.69, 9.17) is 16.1 Å². The zero-order valence-corrected chi connectivity index (χ0v) is 17.3. The highest BCUT2D eigenvalue weighted by molar-refractivity contribution is 14.0. The second-order valence-electron chi connectivity index (χ2n) is 5.22. The molecule has 0 saturated heterocycles. The minimum atomic E-state index is 0. The Bertz CT molecular complexity index is 660. The zero-order chi connectivity index (χ0) is 16.7. The van der Waals surface area contributed by atoms with Gasteiger partial charge in [0, 0.05) is 17.6 Å². The van der Waals surface area contributed by atoms with Gasteiger partial charge in [0.15, 0.2) is 11.7 Å². The number of hydrogen-bond donors (Lipinski definition) is 2. The lowest BCUT2D eigenvalue weighted by Gasteiger charge is -2.19. The number of aryl methyl sites for hydroxylation is 1. The van der Waals surface area contributed by atoms with Crippen molar-refractivity contribution >= 4 is 41.5 Å². The minimum Gasteiger partial charge on any atom is -0.359 e. The van der Waals surface area contributed by atoms with Gasteiger partial charge in [-0.2, -0.15) is 0 Å². The summed E-state index contributed by atoms with van der Waals surface area (Å²) in [6, 6.07) is 9.78. The van der Waals surface area contributed by atoms with Crippen LogP contribution in [-0.2, 0) is 13.0 Å². The van der Waals surface area contributed by atoms with Crippen molar-refractivity contribution in [3.63, 3.8) is 0 Å². The summed E-state index contributed by atoms with van der Waals surface area (Å²) in [6.07, 6.45) is 0.856. The van der Waals surface area contributed by atoms with Crippen LogP contribution in [-0.4, -0.2) is 17.7 Å². The summed E-state index contributed by atoms with van der Waals surface area (Å²) in [5.74, 6) is 1.47. The molecule has 132 valence electrons. The van der Waals surface area contributed by atoms with Gasteiger partial charge in [-0.3, -0.25) is 0 Å². The Kier molecular flexibility index (Phi) is 9.13. The van der Waals surface area contributed by atoms with Crippen molar-refractivity contribution in [2.24, 2.45) is 4.99 Å². The highest BCUT2D eigenvalue weighted by Gasteiger charge is 2.11. The van der Waals surface area contributed by atoms with Gasteiger partial charge in [0.2, 0.25) is 0 Å². The Balaban J connectivity index is 0.00000288. The predicted octanol–water partition coefficient (Wildman–Crippen LogP) is 4.32. The average molecular weight is 463 g/mol. The number of nitrogens with zero attached hydrogens (tertiary/aromatic N) is 2. The minimum absolute atomic E-state index is 0. The molecule has 1 atom stereocenters. The van der Waals surface area contributed by atoms with Gasteiger partial charge < -0.3 is 15.2 Å². The molecule has 0 fully saturated rings. The molecule has 0 aliphatic rings. The maximum atomic E-state index is 6.25. The normalized spacial score (nSPS) is 12.4. The summed E-state index contributed by atoms with van der Waals surface area (Å²) in [7, 11) is 0. The molecule has 0 spiro atoms. The van der Waals surface area contributed by atoms with E-state index >= 15 is 0 Å². The first kappa shape index (κ1) is 20.8. The Labute approximate surface area is 165 Å². The molecule has 0 bridgehead atoms. The summed E-state index contributed by atoms with van der Waals surface area (Å²) in [5, 5.41) is 11.3. The summed E-state index contributed by atoms with van der Waals surface area (Å²) in [5.41, 5.74) is 1.98. The number of rotatable bonds is 6. The van der Waals surface area contributed by atoms with Crippen molar-refractivity contribution in [3.05, 3.63) is 52.4 Å². The van der Waals surface area contributed by atoms with E-state index in [0.29, 0.717) is 6.54 Å². The van der Waals surface area contributed by atoms with Crippen molar-refractivity contribution < 1.29 is 4.52 Å². The number of halogens is 2. The molecular weight excluding hydrogens is 439 g/mol. The largest absolute Gasteiger partial charge is 0.359 e. The van der Waals surface area contributed by atoms with E-state index in [2.05, 4.69) is 27.7 Å². The number of aromatic nitrogens is 1. The summed E-state index contributed by atoms with van der Waals surface area (Å²) in [6.45, 7) is 7.34. The van der Waals surface area contributed by atoms with Crippen molar-refractivity contribution in [3.8, 4) is 0 Å². The van der Waals surface area contributed by atoms with E-state index in [9.17, 15) is 0 Å². The third-order valence-corrected chi connectivity index (χ3v) is 3.78. The Morgan fingerprint density at radius 1 is 1.33 bits per heavy atom. The fourth-order valence-electron chi connectivity index (χ4n) is 2.18. The standard InChI is InChI=1S/C17H23ClN4O.HI/c1-4-13-10-14(23-22-13)11-20-17(19-5-2)21-12(3)15-8-6-7-9-16(15)18;/h6-10,12H,4-5,11H2,1-3H3,(H2,19,20,21);1H. The van der Waals surface area contributed by atoms with Crippen molar-refractivity contribution in [1.82, 2.24) is 15.8 Å². The fraction of sp³-hybridized carbons (Fsp3) is 0.412. The molecule has 0 radical (unpaired) electrons. The molecule has 1 aromatic carbocycles. The number of guanidine groups is 1. The van der Waals surface area contributed by atoms with Crippen LogP contribution in [0, 0.1) is 0 Å². The number of hydrogen-bond acceptors (Lipinski definition) is 3. The average Bonchev–Trinajstić information content (AvgIpc) is 3.01. The molecule has 7 heteroatoms. The molecule has 2 rings (SSSR count). The quantitative estimate of drug-likeness (QED) is 0.381. The van der Waals surface area contributed by atoms with Crippen LogP contribution in [0.4, 0.5) is 0 Å². The van der Waals surface area contributed by atoms with Crippen LogP contribution in [0.25, 0.3) is 0 Å². The number of benzene rings is 1. The van der Waals surface area contributed by atoms with Crippen LogP contribution in [0.2, 0.25) is 5.02 Å². The molecular formula is C17H24ClIN4O. The molecule has 0 aliphatic heterocycles. The molecule has 0 amide bonds. The van der Waals surface area contributed by atoms with Crippen LogP contribution < -0.4 is 10.6 Å². The van der Waals surface area contributed by atoms with Gasteiger partial charge in [-0.15, -0.1) is 24.0 Å². The Morgan fingerprint density at radius 2 is 2.08 bits per heavy atom. The second-order valence-corrected chi connectivity index (χ2v) is 5.63. The van der Waals surface area contributed by atoms with Gasteiger partial charge in [0.1, 0.15) is 6.54 Å². The number of nitrogens with one attached hydrogen (secondary N) is 2. The summed E-state index contributed by atoms with van der Waals surface area (Å²) in [4.78, 5) is 4.54. The van der Waals surface area contributed by atoms with Gasteiger partial charge >= 0.3 is 0 Å². The van der Waals surface area contributed by atoms with Crippen molar-refractivity contribution in [2.45, 2.75) is 39.8 Å². The lowest BCUT2D eigenvalue weighted by molar-refractivity contribution is 0.379. The topological polar surface area (TPSA) is 62.5 Å². The lowest BCUT2D eigenvalue weighted by Crippen LogP contribution is -2.38. The van der Waals surface area contributed by atoms with Crippen LogP contribution in [0.15, 0.2) is 39.8 Å². The second kappa shape index (κ2) is 10.6. The Hall–Kier alpha value is -1.28. The SMILES string of the molecule is CCNC(=NCc1cc(CC)no1)NC(C)c1ccccc1Cl.I. The molecule has 5 nitrogen and oxygen atoms in total. The maximum Gasteiger partial charge on any atom is 0.192 e. The molecule has 2 N–H and O–H groups in total. The van der Waals surface area contributed by atoms with E-state index < -0.39 is 0 Å². The first-order valence-corrected chi connectivity index (χ1v) is 8.25. The molecule has 1 aromatic heterocycles. The van der Waals surface area contributed by atoms with Crippen LogP contribution in [0.1, 0.15) is 43.8 Å². The molecule has 0 aliphatic carbocycles. The zero-order valence-electron chi connectivity index (χ0n) is 14.2. The van der Waals surface area contributed by atoms with Gasteiger partial charge in [0.25, 0.3) is 0 Å². The lowest BCUT2D eigenvalue weighted by atomic mass is 10.1. The van der Waals surface area contributed by atoms with E-state index in [1.54, 1.807) is 0 Å². The van der Waals surface area contributed by atoms with E-state index in [1.807, 2.05) is 44.2 Å². The first-order chi connectivity index (χ1) is 11.1. The van der Waals surface area contributed by atoms with Crippen LogP contribution in [0.5, 0.6) is 0 Å². The van der Waals surface area contributed by atoms with E-state index in [-0.39, 0.29) is 30.0 Å². The van der Waals surface area contributed by atoms with Crippen molar-refractivity contribution in [2.75, 3.05) is 6.54 Å². The predicted molar refractivity (Wildman–Crippen MR) is 109 cm³/mol. The fourth-order valence-corrected chi connectivity index (χ4v) is 2.48. The Morgan fingerprint density at radius 3 is 2.71 bits per heavy atom.